The van der Waals surface area contributed by atoms with Crippen LogP contribution in [0.15, 0.2) is 90.6 Å². The number of nitrogens with zero attached hydrogens (tertiary/aromatic N) is 1. The molecule has 1 nitrogen and oxygen atoms in total. The highest BCUT2D eigenvalue weighted by atomic mass is 35.5. The predicted octanol–water partition coefficient (Wildman–Crippen LogP) is 7.51. The first kappa shape index (κ1) is 21.0. The van der Waals surface area contributed by atoms with Gasteiger partial charge < -0.3 is 4.90 Å². The summed E-state index contributed by atoms with van der Waals surface area (Å²) in [6, 6.07) is 24.3. The molecule has 0 aromatic heterocycles. The van der Waals surface area contributed by atoms with Crippen LogP contribution in [-0.4, -0.2) is 11.1 Å². The molecule has 0 N–H and O–H groups in total. The third-order valence-corrected chi connectivity index (χ3v) is 4.97. The molecule has 0 amide bonds. The van der Waals surface area contributed by atoms with Crippen LogP contribution in [0.4, 0.5) is 13.2 Å². The van der Waals surface area contributed by atoms with Crippen LogP contribution in [0.2, 0.25) is 5.02 Å². The topological polar surface area (TPSA) is 3.24 Å². The number of halogens is 4. The Bertz CT molecular complexity index is 935. The van der Waals surface area contributed by atoms with E-state index in [0.29, 0.717) is 10.6 Å². The summed E-state index contributed by atoms with van der Waals surface area (Å²) >= 11 is 5.89. The fourth-order valence-corrected chi connectivity index (χ4v) is 3.29. The Labute approximate surface area is 174 Å². The second-order valence-electron chi connectivity index (χ2n) is 6.78. The predicted molar refractivity (Wildman–Crippen MR) is 112 cm³/mol. The molecule has 0 aliphatic rings. The normalized spacial score (nSPS) is 13.2. The van der Waals surface area contributed by atoms with E-state index >= 15 is 0 Å². The molecule has 0 radical (unpaired) electrons. The lowest BCUT2D eigenvalue weighted by atomic mass is 10.0. The van der Waals surface area contributed by atoms with Crippen LogP contribution >= 0.6 is 11.6 Å². The summed E-state index contributed by atoms with van der Waals surface area (Å²) in [5.74, 6) is 0. The van der Waals surface area contributed by atoms with Crippen LogP contribution in [0.3, 0.4) is 0 Å². The van der Waals surface area contributed by atoms with Crippen molar-refractivity contribution in [2.24, 2.45) is 0 Å². The van der Waals surface area contributed by atoms with Gasteiger partial charge in [-0.25, -0.2) is 0 Å². The monoisotopic (exact) mass is 415 g/mol. The molecule has 150 valence electrons. The van der Waals surface area contributed by atoms with Gasteiger partial charge in [0, 0.05) is 11.6 Å². The highest BCUT2D eigenvalue weighted by Crippen LogP contribution is 2.37. The molecule has 0 bridgehead atoms. The van der Waals surface area contributed by atoms with Crippen LogP contribution in [0.5, 0.6) is 0 Å². The Morgan fingerprint density at radius 1 is 0.897 bits per heavy atom. The summed E-state index contributed by atoms with van der Waals surface area (Å²) in [5, 5.41) is 0.481. The molecule has 3 rings (SSSR count). The van der Waals surface area contributed by atoms with Gasteiger partial charge in [-0.1, -0.05) is 84.4 Å². The Morgan fingerprint density at radius 2 is 1.45 bits per heavy atom. The summed E-state index contributed by atoms with van der Waals surface area (Å²) in [6.07, 6.45) is -3.34. The maximum atomic E-state index is 14.2. The van der Waals surface area contributed by atoms with E-state index < -0.39 is 17.9 Å². The number of allylic oxidation sites excluding steroid dienone is 1. The minimum absolute atomic E-state index is 0.135. The Hall–Kier alpha value is -2.72. The molecule has 0 saturated carbocycles. The Balaban J connectivity index is 2.08. The van der Waals surface area contributed by atoms with Gasteiger partial charge >= 0.3 is 6.18 Å². The first-order valence-corrected chi connectivity index (χ1v) is 9.62. The van der Waals surface area contributed by atoms with Crippen molar-refractivity contribution in [2.45, 2.75) is 25.7 Å². The van der Waals surface area contributed by atoms with E-state index in [1.165, 1.54) is 11.0 Å². The molecule has 1 atom stereocenters. The van der Waals surface area contributed by atoms with E-state index in [2.05, 4.69) is 0 Å². The number of rotatable bonds is 6. The molecule has 29 heavy (non-hydrogen) atoms. The van der Waals surface area contributed by atoms with Gasteiger partial charge in [-0.15, -0.1) is 0 Å². The molecular formula is C24H21ClF3N. The van der Waals surface area contributed by atoms with E-state index in [-0.39, 0.29) is 6.54 Å². The van der Waals surface area contributed by atoms with Gasteiger partial charge in [-0.2, -0.15) is 13.2 Å². The van der Waals surface area contributed by atoms with E-state index in [0.717, 1.165) is 11.1 Å². The summed E-state index contributed by atoms with van der Waals surface area (Å²) < 4.78 is 42.5. The van der Waals surface area contributed by atoms with Crippen molar-refractivity contribution < 1.29 is 13.2 Å². The molecule has 0 heterocycles. The van der Waals surface area contributed by atoms with E-state index in [9.17, 15) is 13.2 Å². The second-order valence-corrected chi connectivity index (χ2v) is 7.22. The molecule has 3 aromatic carbocycles. The Morgan fingerprint density at radius 3 is 2.00 bits per heavy atom. The first-order chi connectivity index (χ1) is 13.8. The third kappa shape index (κ3) is 5.64. The lowest BCUT2D eigenvalue weighted by Gasteiger charge is -2.35. The standard InChI is InChI=1S/C24H21ClF3N/c1-18(21-10-6-3-7-11-21)29(17-20-8-4-2-5-9-20)23(24(26,27)28)16-19-12-14-22(25)15-13-19/h2-16,18H,17H2,1H3/b23-16-/t18-/m0/s1. The molecular weight excluding hydrogens is 395 g/mol. The van der Waals surface area contributed by atoms with Crippen molar-refractivity contribution in [3.63, 3.8) is 0 Å². The van der Waals surface area contributed by atoms with Crippen molar-refractivity contribution >= 4 is 17.7 Å². The molecule has 0 aliphatic heterocycles. The summed E-state index contributed by atoms with van der Waals surface area (Å²) in [4.78, 5) is 1.40. The zero-order valence-electron chi connectivity index (χ0n) is 15.9. The minimum Gasteiger partial charge on any atom is -0.356 e. The molecule has 0 saturated heterocycles. The molecule has 0 fully saturated rings. The maximum absolute atomic E-state index is 14.2. The quantitative estimate of drug-likeness (QED) is 0.402. The largest absolute Gasteiger partial charge is 0.431 e. The molecule has 0 aliphatic carbocycles. The third-order valence-electron chi connectivity index (χ3n) is 4.72. The van der Waals surface area contributed by atoms with Crippen LogP contribution < -0.4 is 0 Å². The first-order valence-electron chi connectivity index (χ1n) is 9.24. The number of benzene rings is 3. The number of hydrogen-bond acceptors (Lipinski definition) is 1. The molecule has 3 aromatic rings. The lowest BCUT2D eigenvalue weighted by Crippen LogP contribution is -2.33. The summed E-state index contributed by atoms with van der Waals surface area (Å²) in [7, 11) is 0. The van der Waals surface area contributed by atoms with Crippen molar-refractivity contribution in [1.29, 1.82) is 0 Å². The summed E-state index contributed by atoms with van der Waals surface area (Å²) in [6.45, 7) is 1.93. The molecule has 0 unspecified atom stereocenters. The number of alkyl halides is 3. The summed E-state index contributed by atoms with van der Waals surface area (Å²) in [5.41, 5.74) is 1.37. The van der Waals surface area contributed by atoms with Gasteiger partial charge in [-0.3, -0.25) is 0 Å². The smallest absolute Gasteiger partial charge is 0.356 e. The van der Waals surface area contributed by atoms with Crippen LogP contribution in [0.25, 0.3) is 6.08 Å². The minimum atomic E-state index is -4.52. The zero-order valence-corrected chi connectivity index (χ0v) is 16.7. The maximum Gasteiger partial charge on any atom is 0.431 e. The molecule has 0 spiro atoms. The highest BCUT2D eigenvalue weighted by molar-refractivity contribution is 6.30. The van der Waals surface area contributed by atoms with Gasteiger partial charge in [0.15, 0.2) is 0 Å². The van der Waals surface area contributed by atoms with Crippen molar-refractivity contribution in [2.75, 3.05) is 0 Å². The van der Waals surface area contributed by atoms with Gasteiger partial charge in [0.25, 0.3) is 0 Å². The van der Waals surface area contributed by atoms with Gasteiger partial charge in [0.2, 0.25) is 0 Å². The van der Waals surface area contributed by atoms with Gasteiger partial charge in [0.05, 0.1) is 6.04 Å². The zero-order chi connectivity index (χ0) is 20.9. The van der Waals surface area contributed by atoms with Gasteiger partial charge in [-0.05, 0) is 41.8 Å². The van der Waals surface area contributed by atoms with Crippen molar-refractivity contribution in [3.05, 3.63) is 112 Å². The lowest BCUT2D eigenvalue weighted by molar-refractivity contribution is -0.114. The average Bonchev–Trinajstić information content (AvgIpc) is 2.72. The highest BCUT2D eigenvalue weighted by Gasteiger charge is 2.39. The Kier molecular flexibility index (Phi) is 6.65. The van der Waals surface area contributed by atoms with Crippen LogP contribution in [-0.2, 0) is 6.54 Å². The van der Waals surface area contributed by atoms with Crippen molar-refractivity contribution in [3.8, 4) is 0 Å². The van der Waals surface area contributed by atoms with Gasteiger partial charge in [0.1, 0.15) is 5.70 Å². The second kappa shape index (κ2) is 9.19. The SMILES string of the molecule is C[C@@H](c1ccccc1)N(Cc1ccccc1)/C(=C\c1ccc(Cl)cc1)C(F)(F)F. The van der Waals surface area contributed by atoms with E-state index in [1.807, 2.05) is 60.7 Å². The van der Waals surface area contributed by atoms with E-state index in [4.69, 9.17) is 11.6 Å². The van der Waals surface area contributed by atoms with Crippen LogP contribution in [0, 0.1) is 0 Å². The number of hydrogen-bond donors (Lipinski definition) is 0. The van der Waals surface area contributed by atoms with Crippen molar-refractivity contribution in [1.82, 2.24) is 4.90 Å². The fourth-order valence-electron chi connectivity index (χ4n) is 3.17. The van der Waals surface area contributed by atoms with E-state index in [1.54, 1.807) is 31.2 Å². The average molecular weight is 416 g/mol. The molecule has 5 heteroatoms. The fraction of sp³-hybridized carbons (Fsp3) is 0.167. The van der Waals surface area contributed by atoms with Crippen LogP contribution in [0.1, 0.15) is 29.7 Å².